The molecule has 6 nitrogen and oxygen atoms in total. The number of nitrogens with one attached hydrogen (secondary N) is 2. The number of anilines is 1. The molecule has 0 saturated carbocycles. The molecule has 27 heavy (non-hydrogen) atoms. The molecule has 0 aliphatic rings. The monoisotopic (exact) mass is 387 g/mol. The molecular weight excluding hydrogens is 366 g/mol. The first-order valence-corrected chi connectivity index (χ1v) is 8.79. The molecular formula is C20H22ClN3O3. The Morgan fingerprint density at radius 3 is 2.30 bits per heavy atom. The van der Waals surface area contributed by atoms with Crippen LogP contribution in [0.4, 0.5) is 5.69 Å². The zero-order chi connectivity index (χ0) is 20.0. The van der Waals surface area contributed by atoms with Gasteiger partial charge >= 0.3 is 0 Å². The highest BCUT2D eigenvalue weighted by Gasteiger charge is 2.16. The largest absolute Gasteiger partial charge is 0.343 e. The predicted octanol–water partition coefficient (Wildman–Crippen LogP) is 2.78. The van der Waals surface area contributed by atoms with Crippen molar-refractivity contribution in [3.05, 3.63) is 64.2 Å². The minimum absolute atomic E-state index is 0.111. The summed E-state index contributed by atoms with van der Waals surface area (Å²) < 4.78 is 0. The number of amides is 3. The van der Waals surface area contributed by atoms with Crippen LogP contribution in [-0.2, 0) is 9.59 Å². The second-order valence-electron chi connectivity index (χ2n) is 6.26. The summed E-state index contributed by atoms with van der Waals surface area (Å²) in [6.45, 7) is 3.49. The van der Waals surface area contributed by atoms with Gasteiger partial charge < -0.3 is 15.5 Å². The lowest BCUT2D eigenvalue weighted by Gasteiger charge is -2.18. The molecule has 2 aromatic rings. The molecule has 0 radical (unpaired) electrons. The van der Waals surface area contributed by atoms with Gasteiger partial charge in [0.1, 0.15) is 0 Å². The maximum absolute atomic E-state index is 12.2. The van der Waals surface area contributed by atoms with Gasteiger partial charge in [0.2, 0.25) is 11.8 Å². The van der Waals surface area contributed by atoms with E-state index in [1.807, 2.05) is 32.0 Å². The summed E-state index contributed by atoms with van der Waals surface area (Å²) in [6.07, 6.45) is 0. The molecule has 3 amide bonds. The Balaban J connectivity index is 1.86. The summed E-state index contributed by atoms with van der Waals surface area (Å²) in [4.78, 5) is 37.7. The van der Waals surface area contributed by atoms with Gasteiger partial charge in [0.15, 0.2) is 0 Å². The predicted molar refractivity (Wildman–Crippen MR) is 106 cm³/mol. The van der Waals surface area contributed by atoms with Gasteiger partial charge in [-0.05, 0) is 43.2 Å². The number of carbonyl (C=O) groups is 3. The van der Waals surface area contributed by atoms with Crippen LogP contribution in [0.2, 0.25) is 5.02 Å². The first-order chi connectivity index (χ1) is 12.8. The highest BCUT2D eigenvalue weighted by atomic mass is 35.5. The van der Waals surface area contributed by atoms with Gasteiger partial charge in [-0.3, -0.25) is 14.4 Å². The number of hydrogen-bond donors (Lipinski definition) is 2. The molecule has 2 aromatic carbocycles. The smallest absolute Gasteiger partial charge is 0.251 e. The van der Waals surface area contributed by atoms with Gasteiger partial charge in [-0.15, -0.1) is 0 Å². The van der Waals surface area contributed by atoms with Crippen LogP contribution in [0.1, 0.15) is 21.5 Å². The van der Waals surface area contributed by atoms with E-state index in [1.165, 1.54) is 18.0 Å². The van der Waals surface area contributed by atoms with Crippen LogP contribution >= 0.6 is 11.6 Å². The number of likely N-dealkylation sites (N-methyl/N-ethyl adjacent to an activating group) is 1. The molecule has 0 atom stereocenters. The van der Waals surface area contributed by atoms with E-state index in [9.17, 15) is 14.4 Å². The van der Waals surface area contributed by atoms with Crippen molar-refractivity contribution < 1.29 is 14.4 Å². The van der Waals surface area contributed by atoms with E-state index in [4.69, 9.17) is 11.6 Å². The SMILES string of the molecule is Cc1cccc(C)c1NC(=O)CN(C)C(=O)CNC(=O)c1cccc(Cl)c1. The highest BCUT2D eigenvalue weighted by molar-refractivity contribution is 6.31. The lowest BCUT2D eigenvalue weighted by Crippen LogP contribution is -2.41. The first-order valence-electron chi connectivity index (χ1n) is 8.41. The number of halogens is 1. The van der Waals surface area contributed by atoms with Crippen LogP contribution < -0.4 is 10.6 Å². The summed E-state index contributed by atoms with van der Waals surface area (Å²) in [5.41, 5.74) is 3.01. The van der Waals surface area contributed by atoms with E-state index < -0.39 is 5.91 Å². The van der Waals surface area contributed by atoms with Gasteiger partial charge in [-0.2, -0.15) is 0 Å². The Kier molecular flexibility index (Phi) is 6.96. The van der Waals surface area contributed by atoms with Crippen LogP contribution in [0.3, 0.4) is 0 Å². The van der Waals surface area contributed by atoms with Crippen molar-refractivity contribution in [2.24, 2.45) is 0 Å². The molecule has 7 heteroatoms. The number of para-hydroxylation sites is 1. The molecule has 0 fully saturated rings. The highest BCUT2D eigenvalue weighted by Crippen LogP contribution is 2.19. The maximum atomic E-state index is 12.2. The summed E-state index contributed by atoms with van der Waals surface area (Å²) in [6, 6.07) is 12.2. The van der Waals surface area contributed by atoms with Crippen molar-refractivity contribution in [1.29, 1.82) is 0 Å². The van der Waals surface area contributed by atoms with E-state index in [-0.39, 0.29) is 24.9 Å². The van der Waals surface area contributed by atoms with Crippen LogP contribution in [0.5, 0.6) is 0 Å². The van der Waals surface area contributed by atoms with E-state index in [1.54, 1.807) is 18.2 Å². The van der Waals surface area contributed by atoms with Crippen molar-refractivity contribution in [2.75, 3.05) is 25.5 Å². The number of aryl methyl sites for hydroxylation is 2. The molecule has 0 aromatic heterocycles. The first kappa shape index (κ1) is 20.5. The summed E-state index contributed by atoms with van der Waals surface area (Å²) in [5.74, 6) is -1.08. The minimum atomic E-state index is -0.403. The fraction of sp³-hybridized carbons (Fsp3) is 0.250. The van der Waals surface area contributed by atoms with Gasteiger partial charge in [0.25, 0.3) is 5.91 Å². The van der Waals surface area contributed by atoms with Crippen LogP contribution in [0, 0.1) is 13.8 Å². The topological polar surface area (TPSA) is 78.5 Å². The number of rotatable bonds is 6. The fourth-order valence-corrected chi connectivity index (χ4v) is 2.71. The minimum Gasteiger partial charge on any atom is -0.343 e. The number of benzene rings is 2. The second-order valence-corrected chi connectivity index (χ2v) is 6.69. The van der Waals surface area contributed by atoms with Crippen molar-refractivity contribution in [3.63, 3.8) is 0 Å². The van der Waals surface area contributed by atoms with E-state index in [0.29, 0.717) is 10.6 Å². The third kappa shape index (κ3) is 5.82. The lowest BCUT2D eigenvalue weighted by atomic mass is 10.1. The summed E-state index contributed by atoms with van der Waals surface area (Å²) in [7, 11) is 1.51. The zero-order valence-electron chi connectivity index (χ0n) is 15.5. The Morgan fingerprint density at radius 2 is 1.67 bits per heavy atom. The molecule has 0 saturated heterocycles. The molecule has 142 valence electrons. The van der Waals surface area contributed by atoms with Crippen molar-refractivity contribution in [3.8, 4) is 0 Å². The number of carbonyl (C=O) groups excluding carboxylic acids is 3. The van der Waals surface area contributed by atoms with Crippen LogP contribution in [0.15, 0.2) is 42.5 Å². The van der Waals surface area contributed by atoms with Gasteiger partial charge in [0.05, 0.1) is 13.1 Å². The maximum Gasteiger partial charge on any atom is 0.251 e. The molecule has 2 rings (SSSR count). The fourth-order valence-electron chi connectivity index (χ4n) is 2.52. The molecule has 0 heterocycles. The van der Waals surface area contributed by atoms with E-state index in [0.717, 1.165) is 16.8 Å². The lowest BCUT2D eigenvalue weighted by molar-refractivity contribution is -0.132. The van der Waals surface area contributed by atoms with Crippen molar-refractivity contribution in [1.82, 2.24) is 10.2 Å². The normalized spacial score (nSPS) is 10.2. The number of hydrogen-bond acceptors (Lipinski definition) is 3. The number of nitrogens with zero attached hydrogens (tertiary/aromatic N) is 1. The van der Waals surface area contributed by atoms with Gasteiger partial charge in [-0.25, -0.2) is 0 Å². The third-order valence-electron chi connectivity index (χ3n) is 4.04. The standard InChI is InChI=1S/C20H22ClN3O3/c1-13-6-4-7-14(2)19(13)23-17(25)12-24(3)18(26)11-22-20(27)15-8-5-9-16(21)10-15/h4-10H,11-12H2,1-3H3,(H,22,27)(H,23,25). The Bertz CT molecular complexity index is 847. The zero-order valence-corrected chi connectivity index (χ0v) is 16.3. The molecule has 0 spiro atoms. The van der Waals surface area contributed by atoms with E-state index >= 15 is 0 Å². The van der Waals surface area contributed by atoms with E-state index in [2.05, 4.69) is 10.6 Å². The third-order valence-corrected chi connectivity index (χ3v) is 4.27. The van der Waals surface area contributed by atoms with Crippen LogP contribution in [0.25, 0.3) is 0 Å². The Labute approximate surface area is 163 Å². The quantitative estimate of drug-likeness (QED) is 0.800. The molecule has 0 bridgehead atoms. The molecule has 0 aliphatic heterocycles. The van der Waals surface area contributed by atoms with Gasteiger partial charge in [-0.1, -0.05) is 35.9 Å². The second kappa shape index (κ2) is 9.19. The molecule has 0 aliphatic carbocycles. The van der Waals surface area contributed by atoms with Gasteiger partial charge in [0, 0.05) is 23.3 Å². The summed E-state index contributed by atoms with van der Waals surface area (Å²) >= 11 is 5.85. The van der Waals surface area contributed by atoms with Crippen molar-refractivity contribution in [2.45, 2.75) is 13.8 Å². The molecule has 0 unspecified atom stereocenters. The average molecular weight is 388 g/mol. The average Bonchev–Trinajstić information content (AvgIpc) is 2.62. The van der Waals surface area contributed by atoms with Crippen molar-refractivity contribution >= 4 is 35.0 Å². The Morgan fingerprint density at radius 1 is 1.04 bits per heavy atom. The summed E-state index contributed by atoms with van der Waals surface area (Å²) in [5, 5.41) is 5.79. The Hall–Kier alpha value is -2.86. The molecule has 2 N–H and O–H groups in total. The van der Waals surface area contributed by atoms with Crippen LogP contribution in [-0.4, -0.2) is 42.8 Å².